The zero-order chi connectivity index (χ0) is 16.9. The second-order valence-electron chi connectivity index (χ2n) is 5.48. The van der Waals surface area contributed by atoms with E-state index in [-0.39, 0.29) is 12.2 Å². The summed E-state index contributed by atoms with van der Waals surface area (Å²) in [6, 6.07) is 4.72. The van der Waals surface area contributed by atoms with E-state index in [1.165, 1.54) is 6.20 Å². The summed E-state index contributed by atoms with van der Waals surface area (Å²) < 4.78 is 29.9. The standard InChI is InChI=1S/C15H14ClNO5S/c1-8-12(7-22-15(8)19)14(18)11-6-17(23(2,20)21)13-4-3-9(16)5-10(11)13/h3-6,12,14,18H,1,7H2,2H3. The lowest BCUT2D eigenvalue weighted by Gasteiger charge is -2.15. The van der Waals surface area contributed by atoms with Crippen molar-refractivity contribution in [2.24, 2.45) is 5.92 Å². The fraction of sp³-hybridized carbons (Fsp3) is 0.267. The van der Waals surface area contributed by atoms with Crippen LogP contribution in [0.1, 0.15) is 11.7 Å². The fourth-order valence-corrected chi connectivity index (χ4v) is 3.71. The predicted octanol–water partition coefficient (Wildman–Crippen LogP) is 1.86. The molecule has 0 saturated carbocycles. The quantitative estimate of drug-likeness (QED) is 0.671. The Morgan fingerprint density at radius 3 is 2.74 bits per heavy atom. The summed E-state index contributed by atoms with van der Waals surface area (Å²) in [4.78, 5) is 11.4. The van der Waals surface area contributed by atoms with Gasteiger partial charge in [0.05, 0.1) is 23.8 Å². The molecule has 6 nitrogen and oxygen atoms in total. The van der Waals surface area contributed by atoms with Gasteiger partial charge in [0.1, 0.15) is 6.61 Å². The lowest BCUT2D eigenvalue weighted by atomic mass is 9.92. The second kappa shape index (κ2) is 5.36. The number of hydrogen-bond acceptors (Lipinski definition) is 5. The molecule has 3 rings (SSSR count). The first-order valence-corrected chi connectivity index (χ1v) is 8.98. The Bertz CT molecular complexity index is 931. The van der Waals surface area contributed by atoms with Gasteiger partial charge in [-0.1, -0.05) is 18.2 Å². The van der Waals surface area contributed by atoms with Crippen LogP contribution in [0.3, 0.4) is 0 Å². The van der Waals surface area contributed by atoms with Crippen molar-refractivity contribution in [2.45, 2.75) is 6.10 Å². The van der Waals surface area contributed by atoms with Crippen LogP contribution in [-0.2, 0) is 19.6 Å². The van der Waals surface area contributed by atoms with Crippen molar-refractivity contribution in [1.82, 2.24) is 3.97 Å². The predicted molar refractivity (Wildman–Crippen MR) is 85.7 cm³/mol. The molecule has 1 aliphatic heterocycles. The number of fused-ring (bicyclic) bond motifs is 1. The molecule has 0 bridgehead atoms. The van der Waals surface area contributed by atoms with E-state index in [0.29, 0.717) is 21.5 Å². The molecule has 2 aromatic rings. The largest absolute Gasteiger partial charge is 0.462 e. The Hall–Kier alpha value is -1.83. The van der Waals surface area contributed by atoms with Crippen LogP contribution in [0, 0.1) is 5.92 Å². The summed E-state index contributed by atoms with van der Waals surface area (Å²) in [5.74, 6) is -1.18. The highest BCUT2D eigenvalue weighted by Crippen LogP contribution is 2.37. The zero-order valence-corrected chi connectivity index (χ0v) is 13.8. The number of rotatable bonds is 3. The first-order valence-electron chi connectivity index (χ1n) is 6.75. The highest BCUT2D eigenvalue weighted by atomic mass is 35.5. The lowest BCUT2D eigenvalue weighted by Crippen LogP contribution is -2.14. The first-order chi connectivity index (χ1) is 10.7. The molecular weight excluding hydrogens is 342 g/mol. The van der Waals surface area contributed by atoms with Gasteiger partial charge < -0.3 is 9.84 Å². The number of hydrogen-bond donors (Lipinski definition) is 1. The average molecular weight is 356 g/mol. The third kappa shape index (κ3) is 2.65. The average Bonchev–Trinajstić information content (AvgIpc) is 2.99. The molecule has 1 aromatic carbocycles. The molecule has 2 atom stereocenters. The van der Waals surface area contributed by atoms with Gasteiger partial charge in [-0.25, -0.2) is 17.2 Å². The van der Waals surface area contributed by atoms with Gasteiger partial charge >= 0.3 is 5.97 Å². The van der Waals surface area contributed by atoms with Gasteiger partial charge in [-0.3, -0.25) is 0 Å². The number of aromatic nitrogens is 1. The third-order valence-electron chi connectivity index (χ3n) is 3.92. The van der Waals surface area contributed by atoms with Gasteiger partial charge in [0.25, 0.3) is 0 Å². The number of carbonyl (C=O) groups excluding carboxylic acids is 1. The summed E-state index contributed by atoms with van der Waals surface area (Å²) >= 11 is 5.99. The summed E-state index contributed by atoms with van der Waals surface area (Å²) in [5, 5.41) is 11.5. The summed E-state index contributed by atoms with van der Waals surface area (Å²) in [7, 11) is -3.56. The van der Waals surface area contributed by atoms with E-state index in [9.17, 15) is 18.3 Å². The molecule has 122 valence electrons. The van der Waals surface area contributed by atoms with Gasteiger partial charge in [-0.2, -0.15) is 0 Å². The van der Waals surface area contributed by atoms with E-state index in [4.69, 9.17) is 16.3 Å². The molecule has 0 spiro atoms. The normalized spacial score (nSPS) is 20.0. The van der Waals surface area contributed by atoms with E-state index in [1.54, 1.807) is 18.2 Å². The second-order valence-corrected chi connectivity index (χ2v) is 7.78. The van der Waals surface area contributed by atoms with E-state index in [2.05, 4.69) is 6.58 Å². The lowest BCUT2D eigenvalue weighted by molar-refractivity contribution is -0.135. The number of aliphatic hydroxyl groups is 1. The van der Waals surface area contributed by atoms with Crippen molar-refractivity contribution < 1.29 is 23.1 Å². The van der Waals surface area contributed by atoms with E-state index >= 15 is 0 Å². The van der Waals surface area contributed by atoms with Crippen LogP contribution in [0.4, 0.5) is 0 Å². The van der Waals surface area contributed by atoms with Gasteiger partial charge in [-0.05, 0) is 18.2 Å². The molecule has 1 fully saturated rings. The number of cyclic esters (lactones) is 1. The number of aliphatic hydroxyl groups excluding tert-OH is 1. The first kappa shape index (κ1) is 16.0. The maximum absolute atomic E-state index is 12.0. The van der Waals surface area contributed by atoms with Crippen molar-refractivity contribution in [1.29, 1.82) is 0 Å². The van der Waals surface area contributed by atoms with Crippen LogP contribution in [0.2, 0.25) is 5.02 Å². The Morgan fingerprint density at radius 1 is 1.48 bits per heavy atom. The molecule has 0 aliphatic carbocycles. The number of carbonyl (C=O) groups is 1. The molecule has 2 unspecified atom stereocenters. The number of esters is 1. The van der Waals surface area contributed by atoms with Crippen LogP contribution in [0.5, 0.6) is 0 Å². The van der Waals surface area contributed by atoms with Crippen LogP contribution in [-0.4, -0.2) is 36.3 Å². The van der Waals surface area contributed by atoms with Crippen molar-refractivity contribution in [3.8, 4) is 0 Å². The van der Waals surface area contributed by atoms with Gasteiger partial charge in [0, 0.05) is 27.7 Å². The van der Waals surface area contributed by atoms with Gasteiger partial charge in [0.15, 0.2) is 0 Å². The van der Waals surface area contributed by atoms with Crippen molar-refractivity contribution >= 4 is 38.5 Å². The summed E-state index contributed by atoms with van der Waals surface area (Å²) in [6.45, 7) is 3.64. The monoisotopic (exact) mass is 355 g/mol. The minimum atomic E-state index is -3.56. The maximum atomic E-state index is 12.0. The van der Waals surface area contributed by atoms with Gasteiger partial charge in [0.2, 0.25) is 10.0 Å². The Kier molecular flexibility index (Phi) is 3.74. The summed E-state index contributed by atoms with van der Waals surface area (Å²) in [6.07, 6.45) is 1.29. The topological polar surface area (TPSA) is 85.6 Å². The van der Waals surface area contributed by atoms with Crippen LogP contribution in [0.15, 0.2) is 36.5 Å². The van der Waals surface area contributed by atoms with Crippen molar-refractivity contribution in [3.05, 3.63) is 47.1 Å². The fourth-order valence-electron chi connectivity index (χ4n) is 2.72. The third-order valence-corrected chi connectivity index (χ3v) is 5.18. The van der Waals surface area contributed by atoms with Crippen molar-refractivity contribution in [3.63, 3.8) is 0 Å². The highest BCUT2D eigenvalue weighted by molar-refractivity contribution is 7.89. The number of ether oxygens (including phenoxy) is 1. The van der Waals surface area contributed by atoms with Gasteiger partial charge in [-0.15, -0.1) is 0 Å². The molecule has 8 heteroatoms. The van der Waals surface area contributed by atoms with Crippen LogP contribution < -0.4 is 0 Å². The Morgan fingerprint density at radius 2 is 2.17 bits per heavy atom. The molecule has 1 saturated heterocycles. The van der Waals surface area contributed by atoms with E-state index < -0.39 is 28.0 Å². The molecule has 0 amide bonds. The molecule has 2 heterocycles. The molecule has 1 aromatic heterocycles. The number of nitrogens with zero attached hydrogens (tertiary/aromatic N) is 1. The molecule has 1 N–H and O–H groups in total. The number of halogens is 1. The minimum Gasteiger partial charge on any atom is -0.462 e. The molecular formula is C15H14ClNO5S. The maximum Gasteiger partial charge on any atom is 0.333 e. The SMILES string of the molecule is C=C1C(=O)OCC1C(O)c1cn(S(C)(=O)=O)c2ccc(Cl)cc12. The summed E-state index contributed by atoms with van der Waals surface area (Å²) in [5.41, 5.74) is 0.930. The smallest absolute Gasteiger partial charge is 0.333 e. The highest BCUT2D eigenvalue weighted by Gasteiger charge is 2.36. The molecule has 1 aliphatic rings. The molecule has 23 heavy (non-hydrogen) atoms. The number of benzene rings is 1. The zero-order valence-electron chi connectivity index (χ0n) is 12.2. The van der Waals surface area contributed by atoms with E-state index in [0.717, 1.165) is 10.2 Å². The van der Waals surface area contributed by atoms with Crippen molar-refractivity contribution in [2.75, 3.05) is 12.9 Å². The Labute approximate surface area is 138 Å². The van der Waals surface area contributed by atoms with Crippen LogP contribution >= 0.6 is 11.6 Å². The van der Waals surface area contributed by atoms with E-state index in [1.807, 2.05) is 0 Å². The molecule has 0 radical (unpaired) electrons. The van der Waals surface area contributed by atoms with Crippen LogP contribution in [0.25, 0.3) is 10.9 Å². The Balaban J connectivity index is 2.19. The minimum absolute atomic E-state index is 0.00491.